The van der Waals surface area contributed by atoms with Crippen LogP contribution in [0.4, 0.5) is 5.13 Å². The van der Waals surface area contributed by atoms with Gasteiger partial charge in [-0.1, -0.05) is 11.3 Å². The van der Waals surface area contributed by atoms with E-state index in [4.69, 9.17) is 5.14 Å². The molecule has 8 nitrogen and oxygen atoms in total. The van der Waals surface area contributed by atoms with Gasteiger partial charge in [-0.3, -0.25) is 4.79 Å². The number of sulfonamides is 1. The number of nitrogens with two attached hydrogens (primary N) is 1. The number of nitrogens with zero attached hydrogens (tertiary/aromatic N) is 1. The number of aromatic nitrogens is 1. The lowest BCUT2D eigenvalue weighted by Gasteiger charge is -2.20. The lowest BCUT2D eigenvalue weighted by molar-refractivity contribution is -0.117. The summed E-state index contributed by atoms with van der Waals surface area (Å²) in [4.78, 5) is 15.8. The highest BCUT2D eigenvalue weighted by Gasteiger charge is 2.39. The number of nitrogens with one attached hydrogen (secondary N) is 1. The Hall–Kier alpha value is -1.04. The van der Waals surface area contributed by atoms with E-state index in [1.54, 1.807) is 0 Å². The normalized spacial score (nSPS) is 13.2. The predicted molar refractivity (Wildman–Crippen MR) is 75.8 cm³/mol. The molecule has 1 aromatic rings. The largest absolute Gasteiger partial charge is 0.301 e. The molecule has 1 heterocycles. The number of amides is 1. The van der Waals surface area contributed by atoms with Gasteiger partial charge in [0.25, 0.3) is 0 Å². The van der Waals surface area contributed by atoms with Crippen molar-refractivity contribution >= 4 is 42.2 Å². The first-order valence-corrected chi connectivity index (χ1v) is 9.53. The van der Waals surface area contributed by atoms with E-state index in [2.05, 4.69) is 10.3 Å². The van der Waals surface area contributed by atoms with Crippen LogP contribution in [0.25, 0.3) is 0 Å². The zero-order valence-corrected chi connectivity index (χ0v) is 13.7. The van der Waals surface area contributed by atoms with Crippen LogP contribution in [0.5, 0.6) is 0 Å². The zero-order valence-electron chi connectivity index (χ0n) is 11.3. The maximum absolute atomic E-state index is 11.9. The quantitative estimate of drug-likeness (QED) is 0.782. The summed E-state index contributed by atoms with van der Waals surface area (Å²) in [5.74, 6) is -0.797. The van der Waals surface area contributed by atoms with E-state index in [1.807, 2.05) is 0 Å². The molecule has 0 fully saturated rings. The Balaban J connectivity index is 3.11. The maximum atomic E-state index is 11.9. The van der Waals surface area contributed by atoms with Gasteiger partial charge in [-0.05, 0) is 20.8 Å². The van der Waals surface area contributed by atoms with E-state index in [0.717, 1.165) is 6.26 Å². The predicted octanol–water partition coefficient (Wildman–Crippen LogP) is -0.139. The van der Waals surface area contributed by atoms with Gasteiger partial charge < -0.3 is 5.32 Å². The third kappa shape index (κ3) is 3.34. The standard InChI is InChI=1S/C9H15N3O5S3/c1-5-6(20(10,16)17)18-8(11-5)12-7(13)9(2,3)19(4,14)15/h1-4H3,(H2,10,16,17)(H,11,12,13). The van der Waals surface area contributed by atoms with Crippen molar-refractivity contribution in [1.29, 1.82) is 0 Å². The number of hydrogen-bond donors (Lipinski definition) is 2. The topological polar surface area (TPSA) is 136 Å². The number of carbonyl (C=O) groups excluding carboxylic acids is 1. The number of primary sulfonamides is 1. The lowest BCUT2D eigenvalue weighted by Crippen LogP contribution is -2.43. The molecule has 1 rings (SSSR count). The molecule has 0 saturated carbocycles. The van der Waals surface area contributed by atoms with Crippen LogP contribution in [-0.4, -0.2) is 38.7 Å². The Bertz CT molecular complexity index is 746. The minimum Gasteiger partial charge on any atom is -0.301 e. The molecule has 0 bridgehead atoms. The number of rotatable bonds is 4. The molecule has 0 spiro atoms. The summed E-state index contributed by atoms with van der Waals surface area (Å²) < 4.78 is 43.7. The fourth-order valence-electron chi connectivity index (χ4n) is 1.12. The van der Waals surface area contributed by atoms with E-state index in [-0.39, 0.29) is 15.0 Å². The molecule has 20 heavy (non-hydrogen) atoms. The fraction of sp³-hybridized carbons (Fsp3) is 0.556. The molecular formula is C9H15N3O5S3. The molecule has 0 aliphatic carbocycles. The molecule has 11 heteroatoms. The van der Waals surface area contributed by atoms with E-state index < -0.39 is 30.5 Å². The first kappa shape index (κ1) is 17.0. The van der Waals surface area contributed by atoms with E-state index in [9.17, 15) is 21.6 Å². The fourth-order valence-corrected chi connectivity index (χ4v) is 3.36. The molecule has 0 saturated heterocycles. The summed E-state index contributed by atoms with van der Waals surface area (Å²) in [6, 6.07) is 0. The summed E-state index contributed by atoms with van der Waals surface area (Å²) in [6.45, 7) is 3.92. The van der Waals surface area contributed by atoms with Crippen molar-refractivity contribution in [3.05, 3.63) is 5.69 Å². The summed E-state index contributed by atoms with van der Waals surface area (Å²) in [5.41, 5.74) is 0.143. The molecule has 3 N–H and O–H groups in total. The van der Waals surface area contributed by atoms with Crippen molar-refractivity contribution < 1.29 is 21.6 Å². The van der Waals surface area contributed by atoms with Crippen LogP contribution in [0.2, 0.25) is 0 Å². The van der Waals surface area contributed by atoms with Crippen molar-refractivity contribution in [3.8, 4) is 0 Å². The Labute approximate surface area is 121 Å². The molecular weight excluding hydrogens is 326 g/mol. The Morgan fingerprint density at radius 1 is 1.30 bits per heavy atom. The second-order valence-electron chi connectivity index (χ2n) is 4.67. The average molecular weight is 341 g/mol. The SMILES string of the molecule is Cc1nc(NC(=O)C(C)(C)S(C)(=O)=O)sc1S(N)(=O)=O. The van der Waals surface area contributed by atoms with Gasteiger partial charge in [0.1, 0.15) is 4.75 Å². The highest BCUT2D eigenvalue weighted by atomic mass is 32.2. The highest BCUT2D eigenvalue weighted by Crippen LogP contribution is 2.27. The van der Waals surface area contributed by atoms with Crippen LogP contribution >= 0.6 is 11.3 Å². The Morgan fingerprint density at radius 3 is 2.15 bits per heavy atom. The summed E-state index contributed by atoms with van der Waals surface area (Å²) in [7, 11) is -7.56. The first-order chi connectivity index (χ1) is 8.76. The molecule has 0 unspecified atom stereocenters. The van der Waals surface area contributed by atoms with E-state index >= 15 is 0 Å². The number of anilines is 1. The van der Waals surface area contributed by atoms with E-state index in [0.29, 0.717) is 11.3 Å². The molecule has 114 valence electrons. The van der Waals surface area contributed by atoms with Gasteiger partial charge in [0.2, 0.25) is 15.9 Å². The van der Waals surface area contributed by atoms with Crippen molar-refractivity contribution in [2.24, 2.45) is 5.14 Å². The van der Waals surface area contributed by atoms with Gasteiger partial charge in [0, 0.05) is 6.26 Å². The molecule has 0 aromatic carbocycles. The molecule has 0 atom stereocenters. The van der Waals surface area contributed by atoms with Crippen molar-refractivity contribution in [3.63, 3.8) is 0 Å². The van der Waals surface area contributed by atoms with Gasteiger partial charge in [0.05, 0.1) is 5.69 Å². The number of hydrogen-bond acceptors (Lipinski definition) is 7. The van der Waals surface area contributed by atoms with Gasteiger partial charge in [0.15, 0.2) is 19.2 Å². The Kier molecular flexibility index (Phi) is 4.30. The molecule has 0 radical (unpaired) electrons. The smallest absolute Gasteiger partial charge is 0.249 e. The third-order valence-corrected chi connectivity index (χ3v) is 7.37. The maximum Gasteiger partial charge on any atom is 0.249 e. The van der Waals surface area contributed by atoms with Crippen LogP contribution in [0, 0.1) is 6.92 Å². The number of thiazole rings is 1. The van der Waals surface area contributed by atoms with Crippen LogP contribution in [-0.2, 0) is 24.7 Å². The number of aryl methyl sites for hydroxylation is 1. The lowest BCUT2D eigenvalue weighted by atomic mass is 10.2. The molecule has 1 aromatic heterocycles. The van der Waals surface area contributed by atoms with Crippen molar-refractivity contribution in [1.82, 2.24) is 4.98 Å². The van der Waals surface area contributed by atoms with Crippen LogP contribution in [0.1, 0.15) is 19.5 Å². The van der Waals surface area contributed by atoms with Crippen LogP contribution in [0.3, 0.4) is 0 Å². The Morgan fingerprint density at radius 2 is 1.80 bits per heavy atom. The summed E-state index contributed by atoms with van der Waals surface area (Å²) in [5, 5.41) is 7.26. The van der Waals surface area contributed by atoms with Crippen LogP contribution in [0.15, 0.2) is 4.21 Å². The summed E-state index contributed by atoms with van der Waals surface area (Å²) in [6.07, 6.45) is 0.940. The minimum absolute atomic E-state index is 0.0201. The second-order valence-corrected chi connectivity index (χ2v) is 9.99. The number of sulfone groups is 1. The zero-order chi connectivity index (χ0) is 15.9. The van der Waals surface area contributed by atoms with Crippen molar-refractivity contribution in [2.75, 3.05) is 11.6 Å². The molecule has 0 aliphatic heterocycles. The third-order valence-electron chi connectivity index (χ3n) is 2.71. The monoisotopic (exact) mass is 341 g/mol. The highest BCUT2D eigenvalue weighted by molar-refractivity contribution is 7.93. The molecule has 1 amide bonds. The minimum atomic E-state index is -3.93. The van der Waals surface area contributed by atoms with Gasteiger partial charge >= 0.3 is 0 Å². The van der Waals surface area contributed by atoms with Gasteiger partial charge in [-0.25, -0.2) is 27.0 Å². The van der Waals surface area contributed by atoms with E-state index in [1.165, 1.54) is 20.8 Å². The molecule has 0 aliphatic rings. The summed E-state index contributed by atoms with van der Waals surface area (Å²) >= 11 is 0.671. The van der Waals surface area contributed by atoms with Gasteiger partial charge in [-0.15, -0.1) is 0 Å². The average Bonchev–Trinajstić information content (AvgIpc) is 2.57. The number of carbonyl (C=O) groups is 1. The second kappa shape index (κ2) is 5.06. The van der Waals surface area contributed by atoms with Crippen LogP contribution < -0.4 is 10.5 Å². The van der Waals surface area contributed by atoms with Gasteiger partial charge in [-0.2, -0.15) is 0 Å². The van der Waals surface area contributed by atoms with Crippen molar-refractivity contribution in [2.45, 2.75) is 29.7 Å². The first-order valence-electron chi connectivity index (χ1n) is 5.28.